The fourth-order valence-corrected chi connectivity index (χ4v) is 4.26. The molecule has 2 aromatic carbocycles. The van der Waals surface area contributed by atoms with Gasteiger partial charge in [0.2, 0.25) is 21.8 Å². The number of likely N-dealkylation sites (N-methyl/N-ethyl adjacent to an activating group) is 1. The first-order valence-corrected chi connectivity index (χ1v) is 12.3. The van der Waals surface area contributed by atoms with Crippen LogP contribution in [-0.2, 0) is 26.2 Å². The molecule has 0 aliphatic rings. The van der Waals surface area contributed by atoms with Crippen LogP contribution in [0.5, 0.6) is 0 Å². The molecule has 9 heteroatoms. The Morgan fingerprint density at radius 1 is 1.06 bits per heavy atom. The van der Waals surface area contributed by atoms with E-state index in [1.807, 2.05) is 37.3 Å². The molecule has 0 heterocycles. The normalized spacial score (nSPS) is 12.1. The van der Waals surface area contributed by atoms with Gasteiger partial charge in [-0.15, -0.1) is 0 Å². The molecule has 7 nitrogen and oxygen atoms in total. The Labute approximate surface area is 189 Å². The fourth-order valence-electron chi connectivity index (χ4n) is 3.30. The van der Waals surface area contributed by atoms with Gasteiger partial charge in [0.1, 0.15) is 11.9 Å². The molecule has 0 saturated carbocycles. The zero-order valence-corrected chi connectivity index (χ0v) is 19.4. The average molecular weight is 464 g/mol. The summed E-state index contributed by atoms with van der Waals surface area (Å²) in [5.74, 6) is -0.964. The highest BCUT2D eigenvalue weighted by Crippen LogP contribution is 2.19. The molecule has 0 saturated heterocycles. The average Bonchev–Trinajstić information content (AvgIpc) is 2.75. The SMILES string of the molecule is CCNC(=O)[C@H](C)N(Cc1ccccc1)C(=O)CCCN(c1ccc(F)cc1)S(C)(=O)=O. The monoisotopic (exact) mass is 463 g/mol. The Bertz CT molecular complexity index is 998. The van der Waals surface area contributed by atoms with Gasteiger partial charge in [-0.05, 0) is 50.1 Å². The van der Waals surface area contributed by atoms with Crippen molar-refractivity contribution in [2.75, 3.05) is 23.7 Å². The molecule has 2 rings (SSSR count). The van der Waals surface area contributed by atoms with Crippen LogP contribution in [0.15, 0.2) is 54.6 Å². The van der Waals surface area contributed by atoms with Gasteiger partial charge in [-0.25, -0.2) is 12.8 Å². The number of nitrogens with zero attached hydrogens (tertiary/aromatic N) is 2. The van der Waals surface area contributed by atoms with E-state index in [2.05, 4.69) is 5.32 Å². The molecule has 0 fully saturated rings. The number of carbonyl (C=O) groups is 2. The van der Waals surface area contributed by atoms with Crippen LogP contribution in [0.1, 0.15) is 32.3 Å². The first-order valence-electron chi connectivity index (χ1n) is 10.5. The van der Waals surface area contributed by atoms with Crippen LogP contribution in [-0.4, -0.2) is 50.5 Å². The van der Waals surface area contributed by atoms with Crippen molar-refractivity contribution in [1.82, 2.24) is 10.2 Å². The number of carbonyl (C=O) groups excluding carboxylic acids is 2. The van der Waals surface area contributed by atoms with Crippen LogP contribution >= 0.6 is 0 Å². The summed E-state index contributed by atoms with van der Waals surface area (Å²) >= 11 is 0. The smallest absolute Gasteiger partial charge is 0.242 e. The molecule has 1 N–H and O–H groups in total. The summed E-state index contributed by atoms with van der Waals surface area (Å²) in [5, 5.41) is 2.74. The summed E-state index contributed by atoms with van der Waals surface area (Å²) < 4.78 is 38.8. The molecule has 2 aromatic rings. The number of hydrogen-bond acceptors (Lipinski definition) is 4. The second kappa shape index (κ2) is 11.6. The number of rotatable bonds is 11. The van der Waals surface area contributed by atoms with Gasteiger partial charge in [-0.3, -0.25) is 13.9 Å². The Hall–Kier alpha value is -2.94. The molecule has 0 aromatic heterocycles. The van der Waals surface area contributed by atoms with Crippen molar-refractivity contribution in [1.29, 1.82) is 0 Å². The Morgan fingerprint density at radius 2 is 1.69 bits per heavy atom. The van der Waals surface area contributed by atoms with Gasteiger partial charge in [0, 0.05) is 26.1 Å². The minimum absolute atomic E-state index is 0.0593. The lowest BCUT2D eigenvalue weighted by Crippen LogP contribution is -2.47. The van der Waals surface area contributed by atoms with Crippen LogP contribution in [0.25, 0.3) is 0 Å². The highest BCUT2D eigenvalue weighted by Gasteiger charge is 2.26. The second-order valence-electron chi connectivity index (χ2n) is 7.49. The maximum Gasteiger partial charge on any atom is 0.242 e. The van der Waals surface area contributed by atoms with E-state index in [-0.39, 0.29) is 37.7 Å². The standard InChI is InChI=1S/C23H30FN3O4S/c1-4-25-23(29)18(2)26(17-19-9-6-5-7-10-19)22(28)11-8-16-27(32(3,30)31)21-14-12-20(24)13-15-21/h5-7,9-10,12-15,18H,4,8,11,16-17H2,1-3H3,(H,25,29)/t18-/m0/s1. The van der Waals surface area contributed by atoms with Crippen molar-refractivity contribution in [3.05, 3.63) is 66.0 Å². The Morgan fingerprint density at radius 3 is 2.25 bits per heavy atom. The number of benzene rings is 2. The van der Waals surface area contributed by atoms with Gasteiger partial charge in [-0.1, -0.05) is 30.3 Å². The van der Waals surface area contributed by atoms with E-state index in [0.29, 0.717) is 12.2 Å². The third-order valence-corrected chi connectivity index (χ3v) is 6.17. The van der Waals surface area contributed by atoms with Gasteiger partial charge in [0.25, 0.3) is 0 Å². The fraction of sp³-hybridized carbons (Fsp3) is 0.391. The van der Waals surface area contributed by atoms with E-state index in [1.165, 1.54) is 29.2 Å². The largest absolute Gasteiger partial charge is 0.355 e. The summed E-state index contributed by atoms with van der Waals surface area (Å²) in [4.78, 5) is 26.9. The van der Waals surface area contributed by atoms with Crippen molar-refractivity contribution < 1.29 is 22.4 Å². The molecule has 2 amide bonds. The third kappa shape index (κ3) is 7.33. The number of halogens is 1. The summed E-state index contributed by atoms with van der Waals surface area (Å²) in [6.07, 6.45) is 1.37. The topological polar surface area (TPSA) is 86.8 Å². The van der Waals surface area contributed by atoms with Crippen LogP contribution < -0.4 is 9.62 Å². The molecular formula is C23H30FN3O4S. The van der Waals surface area contributed by atoms with E-state index < -0.39 is 21.9 Å². The molecule has 0 spiro atoms. The summed E-state index contributed by atoms with van der Waals surface area (Å²) in [7, 11) is -3.61. The Kier molecular flexibility index (Phi) is 9.19. The van der Waals surface area contributed by atoms with Crippen molar-refractivity contribution >= 4 is 27.5 Å². The van der Waals surface area contributed by atoms with Crippen LogP contribution in [0.3, 0.4) is 0 Å². The predicted molar refractivity (Wildman–Crippen MR) is 123 cm³/mol. The molecule has 0 aliphatic heterocycles. The van der Waals surface area contributed by atoms with Crippen LogP contribution in [0.4, 0.5) is 10.1 Å². The molecular weight excluding hydrogens is 433 g/mol. The van der Waals surface area contributed by atoms with E-state index >= 15 is 0 Å². The number of sulfonamides is 1. The van der Waals surface area contributed by atoms with Crippen molar-refractivity contribution in [3.8, 4) is 0 Å². The lowest BCUT2D eigenvalue weighted by Gasteiger charge is -2.29. The molecule has 0 unspecified atom stereocenters. The van der Waals surface area contributed by atoms with E-state index in [0.717, 1.165) is 16.1 Å². The highest BCUT2D eigenvalue weighted by atomic mass is 32.2. The first-order chi connectivity index (χ1) is 15.1. The van der Waals surface area contributed by atoms with Gasteiger partial charge >= 0.3 is 0 Å². The van der Waals surface area contributed by atoms with Gasteiger partial charge in [0.15, 0.2) is 0 Å². The number of amides is 2. The van der Waals surface area contributed by atoms with Crippen molar-refractivity contribution in [3.63, 3.8) is 0 Å². The number of nitrogens with one attached hydrogen (secondary N) is 1. The lowest BCUT2D eigenvalue weighted by atomic mass is 10.1. The highest BCUT2D eigenvalue weighted by molar-refractivity contribution is 7.92. The predicted octanol–water partition coefficient (Wildman–Crippen LogP) is 2.93. The van der Waals surface area contributed by atoms with Crippen molar-refractivity contribution in [2.45, 2.75) is 39.3 Å². The second-order valence-corrected chi connectivity index (χ2v) is 9.40. The quantitative estimate of drug-likeness (QED) is 0.555. The van der Waals surface area contributed by atoms with E-state index in [1.54, 1.807) is 6.92 Å². The lowest BCUT2D eigenvalue weighted by molar-refractivity contribution is -0.140. The molecule has 0 bridgehead atoms. The number of hydrogen-bond donors (Lipinski definition) is 1. The summed E-state index contributed by atoms with van der Waals surface area (Å²) in [5.41, 5.74) is 1.22. The molecule has 0 radical (unpaired) electrons. The van der Waals surface area contributed by atoms with E-state index in [9.17, 15) is 22.4 Å². The summed E-state index contributed by atoms with van der Waals surface area (Å²) in [6.45, 7) is 4.27. The Balaban J connectivity index is 2.11. The maximum atomic E-state index is 13.2. The van der Waals surface area contributed by atoms with Crippen LogP contribution in [0.2, 0.25) is 0 Å². The third-order valence-electron chi connectivity index (χ3n) is 4.98. The van der Waals surface area contributed by atoms with E-state index in [4.69, 9.17) is 0 Å². The number of anilines is 1. The molecule has 0 aliphatic carbocycles. The molecule has 174 valence electrons. The summed E-state index contributed by atoms with van der Waals surface area (Å²) in [6, 6.07) is 13.8. The van der Waals surface area contributed by atoms with Crippen LogP contribution in [0, 0.1) is 5.82 Å². The van der Waals surface area contributed by atoms with Crippen molar-refractivity contribution in [2.24, 2.45) is 0 Å². The minimum atomic E-state index is -3.61. The molecule has 1 atom stereocenters. The maximum absolute atomic E-state index is 13.2. The minimum Gasteiger partial charge on any atom is -0.355 e. The van der Waals surface area contributed by atoms with Gasteiger partial charge in [0.05, 0.1) is 11.9 Å². The van der Waals surface area contributed by atoms with Gasteiger partial charge < -0.3 is 10.2 Å². The van der Waals surface area contributed by atoms with Gasteiger partial charge in [-0.2, -0.15) is 0 Å². The zero-order chi connectivity index (χ0) is 23.7. The molecule has 32 heavy (non-hydrogen) atoms. The zero-order valence-electron chi connectivity index (χ0n) is 18.6. The first kappa shape index (κ1) is 25.3.